The van der Waals surface area contributed by atoms with Crippen LogP contribution in [0.4, 0.5) is 0 Å². The van der Waals surface area contributed by atoms with E-state index in [4.69, 9.17) is 14.2 Å². The summed E-state index contributed by atoms with van der Waals surface area (Å²) in [5.41, 5.74) is 0.680. The Bertz CT molecular complexity index is 1420. The zero-order valence-corrected chi connectivity index (χ0v) is 23.3. The lowest BCUT2D eigenvalue weighted by Crippen LogP contribution is -2.81. The molecule has 210 valence electrons. The molecule has 1 aliphatic carbocycles. The predicted octanol–water partition coefficient (Wildman–Crippen LogP) is 2.20. The maximum absolute atomic E-state index is 13.7. The van der Waals surface area contributed by atoms with Crippen LogP contribution < -0.4 is 10.1 Å². The van der Waals surface area contributed by atoms with Crippen molar-refractivity contribution in [2.45, 2.75) is 43.2 Å². The number of ether oxygens (including phenoxy) is 3. The average Bonchev–Trinajstić information content (AvgIpc) is 3.62. The van der Waals surface area contributed by atoms with Gasteiger partial charge in [0.2, 0.25) is 5.91 Å². The maximum atomic E-state index is 13.7. The minimum absolute atomic E-state index is 0.110. The van der Waals surface area contributed by atoms with Gasteiger partial charge in [-0.05, 0) is 64.9 Å². The first-order valence-electron chi connectivity index (χ1n) is 12.4. The third-order valence-corrected chi connectivity index (χ3v) is 9.13. The lowest BCUT2D eigenvalue weighted by atomic mass is 9.95. The van der Waals surface area contributed by atoms with Crippen molar-refractivity contribution in [3.05, 3.63) is 63.0 Å². The number of benzene rings is 1. The van der Waals surface area contributed by atoms with E-state index in [0.717, 1.165) is 41.5 Å². The van der Waals surface area contributed by atoms with Crippen molar-refractivity contribution in [2.24, 2.45) is 0 Å². The van der Waals surface area contributed by atoms with Crippen LogP contribution in [-0.4, -0.2) is 70.3 Å². The molecule has 40 heavy (non-hydrogen) atoms. The molecule has 1 aromatic heterocycles. The summed E-state index contributed by atoms with van der Waals surface area (Å²) in [4.78, 5) is 64.8. The van der Waals surface area contributed by atoms with Gasteiger partial charge >= 0.3 is 17.9 Å². The number of thiophene rings is 1. The number of carbonyl (C=O) groups is 5. The maximum Gasteiger partial charge on any atom is 0.352 e. The van der Waals surface area contributed by atoms with Crippen LogP contribution in [0, 0.1) is 0 Å². The number of rotatable bonds is 9. The Morgan fingerprint density at radius 2 is 1.98 bits per heavy atom. The number of nitrogens with zero attached hydrogens (tertiary/aromatic N) is 1. The number of aliphatic carboxylic acids is 1. The van der Waals surface area contributed by atoms with E-state index in [1.807, 2.05) is 6.07 Å². The highest BCUT2D eigenvalue weighted by Gasteiger charge is 2.67. The van der Waals surface area contributed by atoms with E-state index in [1.54, 1.807) is 29.0 Å². The van der Waals surface area contributed by atoms with Crippen LogP contribution in [0.15, 0.2) is 46.3 Å². The zero-order valence-electron chi connectivity index (χ0n) is 21.6. The molecule has 1 saturated heterocycles. The lowest BCUT2D eigenvalue weighted by Gasteiger charge is -2.55. The van der Waals surface area contributed by atoms with Crippen molar-refractivity contribution < 1.29 is 43.3 Å². The smallest absolute Gasteiger partial charge is 0.352 e. The highest BCUT2D eigenvalue weighted by molar-refractivity contribution is 8.00. The zero-order chi connectivity index (χ0) is 28.6. The quantitative estimate of drug-likeness (QED) is 0.147. The minimum Gasteiger partial charge on any atom is -0.477 e. The molecule has 3 aliphatic rings. The van der Waals surface area contributed by atoms with E-state index in [0.29, 0.717) is 11.3 Å². The summed E-state index contributed by atoms with van der Waals surface area (Å²) in [6.45, 7) is 0.904. The molecule has 0 radical (unpaired) electrons. The molecule has 5 rings (SSSR count). The number of carboxylic acid groups (broad SMARTS) is 1. The summed E-state index contributed by atoms with van der Waals surface area (Å²) in [7, 11) is 1.22. The molecule has 1 unspecified atom stereocenters. The van der Waals surface area contributed by atoms with Crippen molar-refractivity contribution in [2.75, 3.05) is 19.5 Å². The Hall–Kier alpha value is -3.68. The number of aryl methyl sites for hydroxylation is 2. The van der Waals surface area contributed by atoms with Crippen molar-refractivity contribution in [3.63, 3.8) is 0 Å². The minimum atomic E-state index is -1.92. The van der Waals surface area contributed by atoms with Gasteiger partial charge < -0.3 is 24.6 Å². The molecule has 2 aromatic rings. The Balaban J connectivity index is 1.39. The molecule has 3 heterocycles. The van der Waals surface area contributed by atoms with Gasteiger partial charge in [-0.25, -0.2) is 4.79 Å². The van der Waals surface area contributed by atoms with Crippen LogP contribution in [0.3, 0.4) is 0 Å². The number of amides is 2. The number of carbonyl (C=O) groups excluding carboxylic acids is 4. The summed E-state index contributed by atoms with van der Waals surface area (Å²) >= 11 is 2.43. The molecule has 1 fully saturated rings. The largest absolute Gasteiger partial charge is 0.477 e. The number of methoxy groups -OCH3 is 1. The molecule has 0 spiro atoms. The van der Waals surface area contributed by atoms with Gasteiger partial charge in [0, 0.05) is 25.4 Å². The fourth-order valence-electron chi connectivity index (χ4n) is 5.12. The number of carboxylic acids is 1. The summed E-state index contributed by atoms with van der Waals surface area (Å²) < 4.78 is 16.1. The third-order valence-electron chi connectivity index (χ3n) is 7.06. The number of esters is 2. The summed E-state index contributed by atoms with van der Waals surface area (Å²) in [5, 5.41) is 14.8. The molecule has 1 aromatic carbocycles. The van der Waals surface area contributed by atoms with E-state index in [2.05, 4.69) is 5.32 Å². The van der Waals surface area contributed by atoms with Crippen LogP contribution in [-0.2, 0) is 46.3 Å². The number of fused-ring (bicyclic) bond motifs is 2. The van der Waals surface area contributed by atoms with Crippen molar-refractivity contribution in [1.82, 2.24) is 10.2 Å². The first-order chi connectivity index (χ1) is 19.2. The lowest BCUT2D eigenvalue weighted by molar-refractivity contribution is -0.193. The molecule has 2 aliphatic heterocycles. The standard InChI is InChI=1S/C27H26N2O9S2/c1-14(30)37-11-18-13-40-26-27(36-2,25(35)29(26)21(18)23(32)33)28-22(31)20(17-8-9-39-12-17)24(34)38-19-7-6-15-4-3-5-16(15)10-19/h6-10,12,20,26H,3-5,11,13H2,1-2H3,(H,28,31)(H,32,33)/t20?,26-,27-/m0/s1. The van der Waals surface area contributed by atoms with Crippen molar-refractivity contribution in [3.8, 4) is 5.75 Å². The molecular formula is C27H26N2O9S2. The van der Waals surface area contributed by atoms with Gasteiger partial charge in [-0.15, -0.1) is 11.8 Å². The van der Waals surface area contributed by atoms with Crippen molar-refractivity contribution in [1.29, 1.82) is 0 Å². The Labute approximate surface area is 237 Å². The first kappa shape index (κ1) is 27.9. The fraction of sp³-hybridized carbons (Fsp3) is 0.370. The van der Waals surface area contributed by atoms with Gasteiger partial charge in [0.15, 0.2) is 5.92 Å². The summed E-state index contributed by atoms with van der Waals surface area (Å²) in [6, 6.07) is 7.03. The molecule has 2 N–H and O–H groups in total. The fourth-order valence-corrected chi connectivity index (χ4v) is 7.22. The second kappa shape index (κ2) is 11.1. The molecule has 0 saturated carbocycles. The topological polar surface area (TPSA) is 149 Å². The third kappa shape index (κ3) is 4.88. The van der Waals surface area contributed by atoms with Crippen LogP contribution >= 0.6 is 23.1 Å². The molecular weight excluding hydrogens is 560 g/mol. The van der Waals surface area contributed by atoms with Gasteiger partial charge in [-0.2, -0.15) is 11.3 Å². The van der Waals surface area contributed by atoms with Gasteiger partial charge in [0.1, 0.15) is 23.4 Å². The molecule has 0 bridgehead atoms. The monoisotopic (exact) mass is 586 g/mol. The summed E-state index contributed by atoms with van der Waals surface area (Å²) in [5.74, 6) is -5.43. The normalized spacial score (nSPS) is 22.1. The van der Waals surface area contributed by atoms with E-state index in [-0.39, 0.29) is 23.6 Å². The van der Waals surface area contributed by atoms with Crippen LogP contribution in [0.25, 0.3) is 0 Å². The van der Waals surface area contributed by atoms with E-state index < -0.39 is 46.7 Å². The van der Waals surface area contributed by atoms with Crippen LogP contribution in [0.5, 0.6) is 5.75 Å². The van der Waals surface area contributed by atoms with E-state index in [1.165, 1.54) is 30.9 Å². The highest BCUT2D eigenvalue weighted by Crippen LogP contribution is 2.47. The Morgan fingerprint density at radius 1 is 1.20 bits per heavy atom. The van der Waals surface area contributed by atoms with Gasteiger partial charge in [-0.1, -0.05) is 6.07 Å². The Morgan fingerprint density at radius 3 is 2.65 bits per heavy atom. The van der Waals surface area contributed by atoms with E-state index >= 15 is 0 Å². The SMILES string of the molecule is CO[C@@]1(NC(=O)C(C(=O)Oc2ccc3c(c2)CCC3)c2ccsc2)C(=O)N2C(C(=O)O)=C(COC(C)=O)CS[C@H]21. The predicted molar refractivity (Wildman–Crippen MR) is 143 cm³/mol. The molecule has 2 amide bonds. The van der Waals surface area contributed by atoms with E-state index in [9.17, 15) is 29.1 Å². The van der Waals surface area contributed by atoms with Gasteiger partial charge in [0.05, 0.1) is 0 Å². The molecule has 11 nitrogen and oxygen atoms in total. The second-order valence-corrected chi connectivity index (χ2v) is 11.3. The molecule has 3 atom stereocenters. The second-order valence-electron chi connectivity index (χ2n) is 9.50. The highest BCUT2D eigenvalue weighted by atomic mass is 32.2. The number of β-lactam (4-membered cyclic amide) rings is 1. The summed E-state index contributed by atoms with van der Waals surface area (Å²) in [6.07, 6.45) is 2.88. The number of hydrogen-bond donors (Lipinski definition) is 2. The number of nitrogens with one attached hydrogen (secondary N) is 1. The number of thioether (sulfide) groups is 1. The first-order valence-corrected chi connectivity index (χ1v) is 14.4. The Kier molecular flexibility index (Phi) is 7.71. The van der Waals surface area contributed by atoms with Gasteiger partial charge in [-0.3, -0.25) is 24.1 Å². The van der Waals surface area contributed by atoms with Crippen LogP contribution in [0.2, 0.25) is 0 Å². The van der Waals surface area contributed by atoms with Crippen molar-refractivity contribution >= 4 is 52.8 Å². The van der Waals surface area contributed by atoms with Crippen LogP contribution in [0.1, 0.15) is 36.0 Å². The number of hydrogen-bond acceptors (Lipinski definition) is 10. The molecule has 13 heteroatoms. The van der Waals surface area contributed by atoms with Gasteiger partial charge in [0.25, 0.3) is 11.6 Å². The average molecular weight is 587 g/mol.